The highest BCUT2D eigenvalue weighted by Gasteiger charge is 2.14. The first-order valence-electron chi connectivity index (χ1n) is 6.09. The number of nitrogens with one attached hydrogen (secondary N) is 1. The molecule has 0 bridgehead atoms. The van der Waals surface area contributed by atoms with Gasteiger partial charge < -0.3 is 10.1 Å². The van der Waals surface area contributed by atoms with Crippen molar-refractivity contribution in [2.75, 3.05) is 13.2 Å². The number of carbonyl (C=O) groups excluding carboxylic acids is 2. The van der Waals surface area contributed by atoms with E-state index in [1.165, 1.54) is 11.3 Å². The number of carbonyl (C=O) groups is 2. The summed E-state index contributed by atoms with van der Waals surface area (Å²) in [6, 6.07) is 9.50. The van der Waals surface area contributed by atoms with Crippen molar-refractivity contribution in [1.82, 2.24) is 10.3 Å². The Morgan fingerprint density at radius 1 is 1.33 bits per heavy atom. The van der Waals surface area contributed by atoms with Gasteiger partial charge in [0.05, 0.1) is 6.54 Å². The molecule has 0 atom stereocenters. The van der Waals surface area contributed by atoms with Gasteiger partial charge >= 0.3 is 5.97 Å². The van der Waals surface area contributed by atoms with E-state index < -0.39 is 11.9 Å². The Hall–Kier alpha value is -2.65. The molecule has 0 radical (unpaired) electrons. The van der Waals surface area contributed by atoms with Gasteiger partial charge in [0, 0.05) is 10.9 Å². The molecule has 5 nitrogen and oxygen atoms in total. The Morgan fingerprint density at radius 2 is 2.10 bits per heavy atom. The second-order valence-corrected chi connectivity index (χ2v) is 4.82. The summed E-state index contributed by atoms with van der Waals surface area (Å²) in [4.78, 5) is 27.2. The SMILES string of the molecule is C#CCNC(=O)COC(=O)c1csc(-c2ccccc2)n1. The summed E-state index contributed by atoms with van der Waals surface area (Å²) in [6.45, 7) is -0.274. The number of aromatic nitrogens is 1. The molecule has 0 saturated heterocycles. The van der Waals surface area contributed by atoms with Crippen LogP contribution in [0.2, 0.25) is 0 Å². The number of esters is 1. The molecule has 1 heterocycles. The second kappa shape index (κ2) is 7.22. The van der Waals surface area contributed by atoms with Gasteiger partial charge in [-0.1, -0.05) is 36.3 Å². The summed E-state index contributed by atoms with van der Waals surface area (Å²) in [6.07, 6.45) is 5.00. The molecule has 0 spiro atoms. The second-order valence-electron chi connectivity index (χ2n) is 3.96. The standard InChI is InChI=1S/C15H12N2O3S/c1-2-8-16-13(18)9-20-15(19)12-10-21-14(17-12)11-6-4-3-5-7-11/h1,3-7,10H,8-9H2,(H,16,18). The maximum absolute atomic E-state index is 11.8. The number of ether oxygens (including phenoxy) is 1. The number of rotatable bonds is 5. The van der Waals surface area contributed by atoms with E-state index >= 15 is 0 Å². The van der Waals surface area contributed by atoms with Crippen molar-refractivity contribution in [3.8, 4) is 22.9 Å². The third kappa shape index (κ3) is 4.16. The first-order chi connectivity index (χ1) is 10.2. The smallest absolute Gasteiger partial charge is 0.358 e. The zero-order valence-electron chi connectivity index (χ0n) is 11.0. The van der Waals surface area contributed by atoms with E-state index in [0.717, 1.165) is 10.6 Å². The molecular weight excluding hydrogens is 288 g/mol. The van der Waals surface area contributed by atoms with Crippen LogP contribution in [-0.4, -0.2) is 30.0 Å². The maximum atomic E-state index is 11.8. The fourth-order valence-electron chi connectivity index (χ4n) is 1.49. The average molecular weight is 300 g/mol. The van der Waals surface area contributed by atoms with Crippen molar-refractivity contribution in [1.29, 1.82) is 0 Å². The summed E-state index contributed by atoms with van der Waals surface area (Å²) in [5, 5.41) is 4.72. The first kappa shape index (κ1) is 14.8. The molecule has 1 aromatic heterocycles. The van der Waals surface area contributed by atoms with Gasteiger partial charge in [-0.25, -0.2) is 9.78 Å². The Bertz CT molecular complexity index is 674. The number of thiazole rings is 1. The van der Waals surface area contributed by atoms with E-state index in [1.807, 2.05) is 30.3 Å². The minimum atomic E-state index is -0.635. The predicted molar refractivity (Wildman–Crippen MR) is 79.7 cm³/mol. The molecule has 1 N–H and O–H groups in total. The normalized spacial score (nSPS) is 9.67. The average Bonchev–Trinajstić information content (AvgIpc) is 3.01. The molecule has 21 heavy (non-hydrogen) atoms. The van der Waals surface area contributed by atoms with Crippen LogP contribution in [-0.2, 0) is 9.53 Å². The predicted octanol–water partition coefficient (Wildman–Crippen LogP) is 1.72. The van der Waals surface area contributed by atoms with Crippen molar-refractivity contribution in [2.24, 2.45) is 0 Å². The molecule has 6 heteroatoms. The van der Waals surface area contributed by atoms with Crippen molar-refractivity contribution >= 4 is 23.2 Å². The number of hydrogen-bond acceptors (Lipinski definition) is 5. The monoisotopic (exact) mass is 300 g/mol. The highest BCUT2D eigenvalue weighted by atomic mass is 32.1. The lowest BCUT2D eigenvalue weighted by molar-refractivity contribution is -0.123. The maximum Gasteiger partial charge on any atom is 0.358 e. The van der Waals surface area contributed by atoms with Crippen LogP contribution in [0.1, 0.15) is 10.5 Å². The summed E-state index contributed by atoms with van der Waals surface area (Å²) >= 11 is 1.34. The van der Waals surface area contributed by atoms with E-state index in [4.69, 9.17) is 11.2 Å². The highest BCUT2D eigenvalue weighted by Crippen LogP contribution is 2.23. The van der Waals surface area contributed by atoms with Crippen LogP contribution in [0.5, 0.6) is 0 Å². The van der Waals surface area contributed by atoms with Crippen LogP contribution in [0.25, 0.3) is 10.6 Å². The van der Waals surface area contributed by atoms with Crippen molar-refractivity contribution in [2.45, 2.75) is 0 Å². The number of hydrogen-bond donors (Lipinski definition) is 1. The number of benzene rings is 1. The lowest BCUT2D eigenvalue weighted by Gasteiger charge is -2.02. The van der Waals surface area contributed by atoms with Crippen LogP contribution in [0.15, 0.2) is 35.7 Å². The zero-order valence-corrected chi connectivity index (χ0v) is 11.9. The Kier molecular flexibility index (Phi) is 5.07. The molecule has 0 aliphatic rings. The third-order valence-electron chi connectivity index (χ3n) is 2.46. The minimum absolute atomic E-state index is 0.102. The summed E-state index contributed by atoms with van der Waals surface area (Å²) < 4.78 is 4.86. The molecular formula is C15H12N2O3S. The molecule has 106 valence electrons. The molecule has 0 unspecified atom stereocenters. The molecule has 1 aromatic carbocycles. The van der Waals surface area contributed by atoms with Crippen molar-refractivity contribution < 1.29 is 14.3 Å². The van der Waals surface area contributed by atoms with Gasteiger partial charge in [-0.2, -0.15) is 0 Å². The van der Waals surface area contributed by atoms with Crippen LogP contribution < -0.4 is 5.32 Å². The molecule has 2 aromatic rings. The summed E-state index contributed by atoms with van der Waals surface area (Å²) in [7, 11) is 0. The van der Waals surface area contributed by atoms with Crippen LogP contribution >= 0.6 is 11.3 Å². The van der Waals surface area contributed by atoms with Gasteiger partial charge in [-0.05, 0) is 0 Å². The topological polar surface area (TPSA) is 68.3 Å². The van der Waals surface area contributed by atoms with Crippen LogP contribution in [0, 0.1) is 12.3 Å². The van der Waals surface area contributed by atoms with Gasteiger partial charge in [0.25, 0.3) is 5.91 Å². The number of nitrogens with zero attached hydrogens (tertiary/aromatic N) is 1. The van der Waals surface area contributed by atoms with Gasteiger partial charge in [0.2, 0.25) is 0 Å². The quantitative estimate of drug-likeness (QED) is 0.674. The van der Waals surface area contributed by atoms with Crippen molar-refractivity contribution in [3.63, 3.8) is 0 Å². The van der Waals surface area contributed by atoms with Gasteiger partial charge in [0.1, 0.15) is 5.01 Å². The van der Waals surface area contributed by atoms with E-state index in [2.05, 4.69) is 16.2 Å². The van der Waals surface area contributed by atoms with E-state index in [-0.39, 0.29) is 18.8 Å². The van der Waals surface area contributed by atoms with E-state index in [1.54, 1.807) is 5.38 Å². The summed E-state index contributed by atoms with van der Waals surface area (Å²) in [5.74, 6) is 1.18. The fraction of sp³-hybridized carbons (Fsp3) is 0.133. The molecule has 0 saturated carbocycles. The van der Waals surface area contributed by atoms with Crippen LogP contribution in [0.4, 0.5) is 0 Å². The summed E-state index contributed by atoms with van der Waals surface area (Å²) in [5.41, 5.74) is 1.11. The van der Waals surface area contributed by atoms with Gasteiger partial charge in [0.15, 0.2) is 12.3 Å². The molecule has 0 aliphatic carbocycles. The van der Waals surface area contributed by atoms with Crippen LogP contribution in [0.3, 0.4) is 0 Å². The fourth-order valence-corrected chi connectivity index (χ4v) is 2.28. The molecule has 0 aliphatic heterocycles. The number of amides is 1. The zero-order chi connectivity index (χ0) is 15.1. The minimum Gasteiger partial charge on any atom is -0.451 e. The number of terminal acetylenes is 1. The Balaban J connectivity index is 1.94. The Labute approximate surface area is 126 Å². The lowest BCUT2D eigenvalue weighted by atomic mass is 10.2. The molecule has 1 amide bonds. The van der Waals surface area contributed by atoms with Gasteiger partial charge in [-0.15, -0.1) is 17.8 Å². The molecule has 0 fully saturated rings. The van der Waals surface area contributed by atoms with E-state index in [0.29, 0.717) is 0 Å². The van der Waals surface area contributed by atoms with Gasteiger partial charge in [-0.3, -0.25) is 4.79 Å². The Morgan fingerprint density at radius 3 is 2.81 bits per heavy atom. The van der Waals surface area contributed by atoms with E-state index in [9.17, 15) is 9.59 Å². The first-order valence-corrected chi connectivity index (χ1v) is 6.97. The molecule has 2 rings (SSSR count). The largest absolute Gasteiger partial charge is 0.451 e. The van der Waals surface area contributed by atoms with Crippen molar-refractivity contribution in [3.05, 3.63) is 41.4 Å². The third-order valence-corrected chi connectivity index (χ3v) is 3.35. The highest BCUT2D eigenvalue weighted by molar-refractivity contribution is 7.13. The lowest BCUT2D eigenvalue weighted by Crippen LogP contribution is -2.29.